The summed E-state index contributed by atoms with van der Waals surface area (Å²) in [6.07, 6.45) is 0. The third-order valence-electron chi connectivity index (χ3n) is 4.69. The first-order chi connectivity index (χ1) is 15.1. The van der Waals surface area contributed by atoms with Gasteiger partial charge in [-0.3, -0.25) is 9.10 Å². The second-order valence-corrected chi connectivity index (χ2v) is 9.08. The van der Waals surface area contributed by atoms with E-state index in [1.165, 1.54) is 43.3 Å². The van der Waals surface area contributed by atoms with Crippen LogP contribution in [0.5, 0.6) is 5.75 Å². The first kappa shape index (κ1) is 24.9. The van der Waals surface area contributed by atoms with Crippen LogP contribution < -0.4 is 9.04 Å². The molecule has 2 rings (SSSR count). The average Bonchev–Trinajstić information content (AvgIpc) is 2.80. The molecule has 9 heteroatoms. The van der Waals surface area contributed by atoms with Crippen molar-refractivity contribution in [3.8, 4) is 5.75 Å². The highest BCUT2D eigenvalue weighted by atomic mass is 32.2. The molecule has 0 spiro atoms. The number of esters is 1. The molecule has 1 amide bonds. The Labute approximate surface area is 189 Å². The summed E-state index contributed by atoms with van der Waals surface area (Å²) in [6.45, 7) is 7.86. The number of sulfonamides is 1. The first-order valence-corrected chi connectivity index (χ1v) is 11.4. The van der Waals surface area contributed by atoms with E-state index in [4.69, 9.17) is 9.47 Å². The van der Waals surface area contributed by atoms with E-state index >= 15 is 0 Å². The van der Waals surface area contributed by atoms with E-state index in [0.29, 0.717) is 24.5 Å². The van der Waals surface area contributed by atoms with Crippen LogP contribution in [0, 0.1) is 0 Å². The van der Waals surface area contributed by atoms with Gasteiger partial charge in [-0.25, -0.2) is 13.2 Å². The summed E-state index contributed by atoms with van der Waals surface area (Å²) in [6, 6.07) is 12.1. The van der Waals surface area contributed by atoms with Crippen LogP contribution in [0.15, 0.2) is 65.6 Å². The van der Waals surface area contributed by atoms with Gasteiger partial charge in [0.15, 0.2) is 6.61 Å². The van der Waals surface area contributed by atoms with Crippen molar-refractivity contribution in [2.45, 2.75) is 18.7 Å². The molecule has 8 nitrogen and oxygen atoms in total. The predicted molar refractivity (Wildman–Crippen MR) is 122 cm³/mol. The van der Waals surface area contributed by atoms with Gasteiger partial charge in [-0.15, -0.1) is 0 Å². The first-order valence-electron chi connectivity index (χ1n) is 9.93. The molecule has 0 aliphatic carbocycles. The van der Waals surface area contributed by atoms with Crippen LogP contribution in [0.25, 0.3) is 0 Å². The summed E-state index contributed by atoms with van der Waals surface area (Å²) in [5, 5.41) is 0. The van der Waals surface area contributed by atoms with Crippen LogP contribution in [-0.2, 0) is 19.6 Å². The number of anilines is 1. The number of para-hydroxylation sites is 2. The van der Waals surface area contributed by atoms with Crippen molar-refractivity contribution in [3.05, 3.63) is 66.2 Å². The van der Waals surface area contributed by atoms with Gasteiger partial charge in [0, 0.05) is 20.1 Å². The minimum atomic E-state index is -3.89. The summed E-state index contributed by atoms with van der Waals surface area (Å²) < 4.78 is 37.4. The van der Waals surface area contributed by atoms with Crippen LogP contribution in [0.4, 0.5) is 5.69 Å². The Morgan fingerprint density at radius 3 is 2.25 bits per heavy atom. The summed E-state index contributed by atoms with van der Waals surface area (Å²) in [4.78, 5) is 26.0. The Balaban J connectivity index is 2.11. The maximum absolute atomic E-state index is 13.0. The van der Waals surface area contributed by atoms with Gasteiger partial charge in [-0.2, -0.15) is 0 Å². The fraction of sp³-hybridized carbons (Fsp3) is 0.304. The van der Waals surface area contributed by atoms with Crippen LogP contribution in [0.2, 0.25) is 0 Å². The van der Waals surface area contributed by atoms with Crippen LogP contribution in [-0.4, -0.2) is 59.0 Å². The van der Waals surface area contributed by atoms with Crippen molar-refractivity contribution < 1.29 is 27.5 Å². The molecule has 0 saturated carbocycles. The Morgan fingerprint density at radius 2 is 1.69 bits per heavy atom. The second-order valence-electron chi connectivity index (χ2n) is 7.11. The lowest BCUT2D eigenvalue weighted by molar-refractivity contribution is -0.133. The lowest BCUT2D eigenvalue weighted by Gasteiger charge is -2.21. The van der Waals surface area contributed by atoms with E-state index in [-0.39, 0.29) is 16.4 Å². The van der Waals surface area contributed by atoms with Crippen molar-refractivity contribution in [1.82, 2.24) is 4.90 Å². The topological polar surface area (TPSA) is 93.2 Å². The summed E-state index contributed by atoms with van der Waals surface area (Å²) >= 11 is 0. The van der Waals surface area contributed by atoms with Crippen molar-refractivity contribution >= 4 is 27.6 Å². The molecule has 2 aromatic carbocycles. The molecule has 0 heterocycles. The van der Waals surface area contributed by atoms with Gasteiger partial charge in [0.25, 0.3) is 15.9 Å². The standard InChI is InChI=1S/C23H28N2O6S/c1-6-25(15-17(2)3)22(26)16-31-23(27)18-11-13-19(14-12-18)32(28,29)24(4)20-9-7-8-10-21(20)30-5/h7-14H,2,6,15-16H2,1,3-5H3. The molecule has 0 aliphatic rings. The Kier molecular flexibility index (Phi) is 8.42. The molecule has 0 atom stereocenters. The van der Waals surface area contributed by atoms with E-state index in [9.17, 15) is 18.0 Å². The maximum atomic E-state index is 13.0. The molecule has 0 saturated heterocycles. The van der Waals surface area contributed by atoms with E-state index in [1.54, 1.807) is 24.3 Å². The van der Waals surface area contributed by atoms with E-state index in [0.717, 1.165) is 9.88 Å². The number of likely N-dealkylation sites (N-methyl/N-ethyl adjacent to an activating group) is 1. The van der Waals surface area contributed by atoms with Crippen molar-refractivity contribution in [2.24, 2.45) is 0 Å². The number of carbonyl (C=O) groups is 2. The summed E-state index contributed by atoms with van der Waals surface area (Å²) in [7, 11) is -1.00. The minimum absolute atomic E-state index is 0.00264. The molecular weight excluding hydrogens is 432 g/mol. The monoisotopic (exact) mass is 460 g/mol. The number of nitrogens with zero attached hydrogens (tertiary/aromatic N) is 2. The number of rotatable bonds is 10. The molecule has 0 N–H and O–H groups in total. The maximum Gasteiger partial charge on any atom is 0.338 e. The smallest absolute Gasteiger partial charge is 0.338 e. The average molecular weight is 461 g/mol. The largest absolute Gasteiger partial charge is 0.495 e. The third kappa shape index (κ3) is 5.88. The number of hydrogen-bond donors (Lipinski definition) is 0. The minimum Gasteiger partial charge on any atom is -0.495 e. The van der Waals surface area contributed by atoms with Gasteiger partial charge in [-0.05, 0) is 50.2 Å². The van der Waals surface area contributed by atoms with E-state index in [2.05, 4.69) is 6.58 Å². The van der Waals surface area contributed by atoms with Gasteiger partial charge in [0.05, 0.1) is 23.3 Å². The predicted octanol–water partition coefficient (Wildman–Crippen LogP) is 3.10. The summed E-state index contributed by atoms with van der Waals surface area (Å²) in [5.41, 5.74) is 1.34. The van der Waals surface area contributed by atoms with Crippen molar-refractivity contribution in [3.63, 3.8) is 0 Å². The van der Waals surface area contributed by atoms with E-state index in [1.807, 2.05) is 13.8 Å². The molecule has 172 valence electrons. The Hall–Kier alpha value is -3.33. The molecule has 0 aliphatic heterocycles. The molecule has 2 aromatic rings. The highest BCUT2D eigenvalue weighted by molar-refractivity contribution is 7.92. The zero-order chi connectivity index (χ0) is 23.9. The molecule has 0 bridgehead atoms. The van der Waals surface area contributed by atoms with Gasteiger partial charge in [0.2, 0.25) is 0 Å². The lowest BCUT2D eigenvalue weighted by atomic mass is 10.2. The number of ether oxygens (including phenoxy) is 2. The molecule has 0 radical (unpaired) electrons. The normalized spacial score (nSPS) is 10.9. The number of hydrogen-bond acceptors (Lipinski definition) is 6. The quantitative estimate of drug-likeness (QED) is 0.400. The van der Waals surface area contributed by atoms with Crippen LogP contribution in [0.3, 0.4) is 0 Å². The molecule has 0 unspecified atom stereocenters. The number of benzene rings is 2. The van der Waals surface area contributed by atoms with E-state index < -0.39 is 22.6 Å². The highest BCUT2D eigenvalue weighted by Gasteiger charge is 2.24. The molecule has 32 heavy (non-hydrogen) atoms. The zero-order valence-electron chi connectivity index (χ0n) is 18.7. The van der Waals surface area contributed by atoms with Gasteiger partial charge in [-0.1, -0.05) is 24.3 Å². The fourth-order valence-electron chi connectivity index (χ4n) is 2.94. The molecule has 0 fully saturated rings. The van der Waals surface area contributed by atoms with Gasteiger partial charge in [0.1, 0.15) is 5.75 Å². The number of methoxy groups -OCH3 is 1. The summed E-state index contributed by atoms with van der Waals surface area (Å²) in [5.74, 6) is -0.635. The van der Waals surface area contributed by atoms with Crippen molar-refractivity contribution in [2.75, 3.05) is 38.2 Å². The molecular formula is C23H28N2O6S. The molecule has 0 aromatic heterocycles. The SMILES string of the molecule is C=C(C)CN(CC)C(=O)COC(=O)c1ccc(S(=O)(=O)N(C)c2ccccc2OC)cc1. The van der Waals surface area contributed by atoms with Gasteiger partial charge < -0.3 is 14.4 Å². The van der Waals surface area contributed by atoms with Crippen LogP contribution in [0.1, 0.15) is 24.2 Å². The number of amides is 1. The van der Waals surface area contributed by atoms with Crippen LogP contribution >= 0.6 is 0 Å². The zero-order valence-corrected chi connectivity index (χ0v) is 19.5. The second kappa shape index (κ2) is 10.8. The lowest BCUT2D eigenvalue weighted by Crippen LogP contribution is -2.35. The van der Waals surface area contributed by atoms with Crippen molar-refractivity contribution in [1.29, 1.82) is 0 Å². The number of carbonyl (C=O) groups excluding carboxylic acids is 2. The Morgan fingerprint density at radius 1 is 1.06 bits per heavy atom. The third-order valence-corrected chi connectivity index (χ3v) is 6.48. The fourth-order valence-corrected chi connectivity index (χ4v) is 4.15. The highest BCUT2D eigenvalue weighted by Crippen LogP contribution is 2.30. The van der Waals surface area contributed by atoms with Gasteiger partial charge >= 0.3 is 5.97 Å². The Bertz CT molecular complexity index is 1080.